The maximum Gasteiger partial charge on any atom is 0.410 e. The molecule has 1 aliphatic heterocycles. The van der Waals surface area contributed by atoms with E-state index in [1.807, 2.05) is 25.7 Å². The highest BCUT2D eigenvalue weighted by Crippen LogP contribution is 2.23. The van der Waals surface area contributed by atoms with Gasteiger partial charge in [-0.1, -0.05) is 12.8 Å². The Balaban J connectivity index is 2.31. The van der Waals surface area contributed by atoms with Gasteiger partial charge in [0.2, 0.25) is 0 Å². The highest BCUT2D eigenvalue weighted by Gasteiger charge is 2.27. The SMILES string of the molecule is CC(C)(C)OC(=O)N1CCCC(CCCCCO)C1. The molecule has 1 aliphatic rings. The van der Waals surface area contributed by atoms with Crippen LogP contribution in [0, 0.1) is 5.92 Å². The van der Waals surface area contributed by atoms with Gasteiger partial charge < -0.3 is 14.7 Å². The van der Waals surface area contributed by atoms with Gasteiger partial charge in [-0.05, 0) is 52.4 Å². The molecule has 1 N–H and O–H groups in total. The number of carbonyl (C=O) groups is 1. The zero-order chi connectivity index (χ0) is 14.3. The third kappa shape index (κ3) is 6.81. The van der Waals surface area contributed by atoms with Crippen LogP contribution in [0.4, 0.5) is 4.79 Å². The highest BCUT2D eigenvalue weighted by molar-refractivity contribution is 5.68. The van der Waals surface area contributed by atoms with Crippen LogP contribution in [-0.4, -0.2) is 41.4 Å². The van der Waals surface area contributed by atoms with Gasteiger partial charge in [-0.2, -0.15) is 0 Å². The van der Waals surface area contributed by atoms with Crippen molar-refractivity contribution in [2.75, 3.05) is 19.7 Å². The predicted octanol–water partition coefficient (Wildman–Crippen LogP) is 3.19. The molecule has 0 aromatic rings. The second-order valence-electron chi connectivity index (χ2n) is 6.51. The molecule has 1 amide bonds. The summed E-state index contributed by atoms with van der Waals surface area (Å²) < 4.78 is 5.42. The van der Waals surface area contributed by atoms with Crippen molar-refractivity contribution in [3.05, 3.63) is 0 Å². The van der Waals surface area contributed by atoms with Gasteiger partial charge in [-0.3, -0.25) is 0 Å². The van der Waals surface area contributed by atoms with E-state index < -0.39 is 5.60 Å². The Bertz CT molecular complexity index is 273. The first-order valence-corrected chi connectivity index (χ1v) is 7.51. The third-order valence-corrected chi connectivity index (χ3v) is 3.44. The van der Waals surface area contributed by atoms with E-state index in [4.69, 9.17) is 9.84 Å². The number of piperidine rings is 1. The van der Waals surface area contributed by atoms with E-state index in [1.54, 1.807) is 0 Å². The van der Waals surface area contributed by atoms with Crippen molar-refractivity contribution < 1.29 is 14.6 Å². The summed E-state index contributed by atoms with van der Waals surface area (Å²) in [6.07, 6.45) is 6.38. The summed E-state index contributed by atoms with van der Waals surface area (Å²) in [5.41, 5.74) is -0.412. The number of unbranched alkanes of at least 4 members (excludes halogenated alkanes) is 2. The predicted molar refractivity (Wildman–Crippen MR) is 76.1 cm³/mol. The molecule has 1 saturated heterocycles. The van der Waals surface area contributed by atoms with E-state index in [0.29, 0.717) is 5.92 Å². The van der Waals surface area contributed by atoms with Crippen molar-refractivity contribution >= 4 is 6.09 Å². The van der Waals surface area contributed by atoms with Gasteiger partial charge in [0.25, 0.3) is 0 Å². The van der Waals surface area contributed by atoms with Crippen molar-refractivity contribution in [1.29, 1.82) is 0 Å². The maximum atomic E-state index is 12.0. The zero-order valence-corrected chi connectivity index (χ0v) is 12.7. The molecule has 19 heavy (non-hydrogen) atoms. The molecule has 0 aromatic carbocycles. The average Bonchev–Trinajstić information content (AvgIpc) is 2.33. The van der Waals surface area contributed by atoms with Gasteiger partial charge >= 0.3 is 6.09 Å². The first-order chi connectivity index (χ1) is 8.92. The molecule has 1 heterocycles. The Hall–Kier alpha value is -0.770. The lowest BCUT2D eigenvalue weighted by Crippen LogP contribution is -2.42. The van der Waals surface area contributed by atoms with Crippen LogP contribution in [0.1, 0.15) is 59.3 Å². The summed E-state index contributed by atoms with van der Waals surface area (Å²) in [4.78, 5) is 13.9. The van der Waals surface area contributed by atoms with Gasteiger partial charge in [0.1, 0.15) is 5.60 Å². The minimum Gasteiger partial charge on any atom is -0.444 e. The van der Waals surface area contributed by atoms with Gasteiger partial charge in [0.05, 0.1) is 0 Å². The van der Waals surface area contributed by atoms with Crippen molar-refractivity contribution in [2.24, 2.45) is 5.92 Å². The van der Waals surface area contributed by atoms with Gasteiger partial charge in [0, 0.05) is 19.7 Å². The summed E-state index contributed by atoms with van der Waals surface area (Å²) in [5, 5.41) is 8.76. The third-order valence-electron chi connectivity index (χ3n) is 3.44. The van der Waals surface area contributed by atoms with E-state index in [1.165, 1.54) is 6.42 Å². The van der Waals surface area contributed by atoms with Crippen LogP contribution < -0.4 is 0 Å². The zero-order valence-electron chi connectivity index (χ0n) is 12.7. The molecule has 0 aromatic heterocycles. The quantitative estimate of drug-likeness (QED) is 0.781. The summed E-state index contributed by atoms with van der Waals surface area (Å²) in [7, 11) is 0. The molecule has 4 nitrogen and oxygen atoms in total. The van der Waals surface area contributed by atoms with Gasteiger partial charge in [0.15, 0.2) is 0 Å². The highest BCUT2D eigenvalue weighted by atomic mass is 16.6. The van der Waals surface area contributed by atoms with E-state index in [9.17, 15) is 4.79 Å². The van der Waals surface area contributed by atoms with Crippen LogP contribution in [0.5, 0.6) is 0 Å². The molecule has 112 valence electrons. The van der Waals surface area contributed by atoms with Crippen LogP contribution in [0.3, 0.4) is 0 Å². The number of nitrogens with zero attached hydrogens (tertiary/aromatic N) is 1. The van der Waals surface area contributed by atoms with Crippen LogP contribution in [0.25, 0.3) is 0 Å². The normalized spacial score (nSPS) is 20.4. The second kappa shape index (κ2) is 7.73. The lowest BCUT2D eigenvalue weighted by atomic mass is 9.92. The summed E-state index contributed by atoms with van der Waals surface area (Å²) in [5.74, 6) is 0.597. The van der Waals surface area contributed by atoms with Gasteiger partial charge in [-0.15, -0.1) is 0 Å². The van der Waals surface area contributed by atoms with Crippen molar-refractivity contribution in [3.8, 4) is 0 Å². The molecule has 1 rings (SSSR count). The molecular weight excluding hydrogens is 242 g/mol. The van der Waals surface area contributed by atoms with Crippen LogP contribution in [0.15, 0.2) is 0 Å². The Morgan fingerprint density at radius 2 is 2.05 bits per heavy atom. The van der Waals surface area contributed by atoms with Gasteiger partial charge in [-0.25, -0.2) is 4.79 Å². The standard InChI is InChI=1S/C15H29NO3/c1-15(2,3)19-14(18)16-10-7-9-13(12-16)8-5-4-6-11-17/h13,17H,4-12H2,1-3H3. The molecule has 0 radical (unpaired) electrons. The summed E-state index contributed by atoms with van der Waals surface area (Å²) >= 11 is 0. The number of aliphatic hydroxyl groups excluding tert-OH is 1. The number of likely N-dealkylation sites (tertiary alicyclic amines) is 1. The molecule has 4 heteroatoms. The Labute approximate surface area is 117 Å². The molecule has 0 saturated carbocycles. The lowest BCUT2D eigenvalue weighted by Gasteiger charge is -2.34. The molecule has 0 spiro atoms. The first-order valence-electron chi connectivity index (χ1n) is 7.51. The molecule has 0 bridgehead atoms. The fourth-order valence-electron chi connectivity index (χ4n) is 2.51. The molecule has 1 atom stereocenters. The Kier molecular flexibility index (Phi) is 6.63. The number of carbonyl (C=O) groups excluding carboxylic acids is 1. The van der Waals surface area contributed by atoms with E-state index >= 15 is 0 Å². The minimum absolute atomic E-state index is 0.174. The molecule has 0 aliphatic carbocycles. The largest absolute Gasteiger partial charge is 0.444 e. The lowest BCUT2D eigenvalue weighted by molar-refractivity contribution is 0.0160. The topological polar surface area (TPSA) is 49.8 Å². The maximum absolute atomic E-state index is 12.0. The second-order valence-corrected chi connectivity index (χ2v) is 6.51. The number of ether oxygens (including phenoxy) is 1. The Morgan fingerprint density at radius 3 is 2.68 bits per heavy atom. The number of hydrogen-bond donors (Lipinski definition) is 1. The van der Waals surface area contributed by atoms with E-state index in [0.717, 1.165) is 45.2 Å². The van der Waals surface area contributed by atoms with Crippen molar-refractivity contribution in [3.63, 3.8) is 0 Å². The summed E-state index contributed by atoms with van der Waals surface area (Å²) in [6.45, 7) is 7.65. The van der Waals surface area contributed by atoms with Crippen LogP contribution in [-0.2, 0) is 4.74 Å². The molecule has 1 unspecified atom stereocenters. The number of amides is 1. The van der Waals surface area contributed by atoms with Crippen LogP contribution in [0.2, 0.25) is 0 Å². The summed E-state index contributed by atoms with van der Waals surface area (Å²) in [6, 6.07) is 0. The molecular formula is C15H29NO3. The van der Waals surface area contributed by atoms with Crippen LogP contribution >= 0.6 is 0 Å². The van der Waals surface area contributed by atoms with Crippen molar-refractivity contribution in [1.82, 2.24) is 4.90 Å². The monoisotopic (exact) mass is 271 g/mol. The van der Waals surface area contributed by atoms with E-state index in [2.05, 4.69) is 0 Å². The first kappa shape index (κ1) is 16.3. The number of hydrogen-bond acceptors (Lipinski definition) is 3. The minimum atomic E-state index is -0.412. The average molecular weight is 271 g/mol. The number of aliphatic hydroxyl groups is 1. The molecule has 1 fully saturated rings. The Morgan fingerprint density at radius 1 is 1.32 bits per heavy atom. The van der Waals surface area contributed by atoms with E-state index in [-0.39, 0.29) is 12.7 Å². The fraction of sp³-hybridized carbons (Fsp3) is 0.933. The fourth-order valence-corrected chi connectivity index (χ4v) is 2.51. The van der Waals surface area contributed by atoms with Crippen molar-refractivity contribution in [2.45, 2.75) is 64.9 Å². The smallest absolute Gasteiger partial charge is 0.410 e. The number of rotatable bonds is 5.